The van der Waals surface area contributed by atoms with Crippen LogP contribution in [0.4, 0.5) is 5.69 Å². The van der Waals surface area contributed by atoms with Gasteiger partial charge in [-0.05, 0) is 30.2 Å². The van der Waals surface area contributed by atoms with E-state index in [2.05, 4.69) is 10.2 Å². The number of nitrogens with zero attached hydrogens (tertiary/aromatic N) is 3. The molecule has 0 radical (unpaired) electrons. The molecular weight excluding hydrogens is 402 g/mol. The second kappa shape index (κ2) is 9.07. The lowest BCUT2D eigenvalue weighted by Gasteiger charge is -2.15. The summed E-state index contributed by atoms with van der Waals surface area (Å²) in [7, 11) is 0. The summed E-state index contributed by atoms with van der Waals surface area (Å²) in [4.78, 5) is 14.8. The van der Waals surface area contributed by atoms with Crippen LogP contribution in [-0.2, 0) is 11.2 Å². The van der Waals surface area contributed by atoms with E-state index in [0.717, 1.165) is 16.8 Å². The third kappa shape index (κ3) is 4.58. The number of hydrogen-bond donors (Lipinski definition) is 0. The number of amides is 1. The van der Waals surface area contributed by atoms with Crippen molar-refractivity contribution in [2.45, 2.75) is 11.7 Å². The van der Waals surface area contributed by atoms with Crippen molar-refractivity contribution in [3.05, 3.63) is 101 Å². The molecule has 144 valence electrons. The Hall–Kier alpha value is -2.89. The maximum Gasteiger partial charge on any atom is 0.247 e. The molecule has 1 amide bonds. The van der Waals surface area contributed by atoms with Crippen molar-refractivity contribution in [1.82, 2.24) is 0 Å². The van der Waals surface area contributed by atoms with Gasteiger partial charge >= 0.3 is 0 Å². The first-order chi connectivity index (χ1) is 14.2. The topological polar surface area (TPSA) is 45.0 Å². The maximum atomic E-state index is 13.2. The number of anilines is 1. The molecule has 1 aliphatic heterocycles. The molecule has 4 nitrogen and oxygen atoms in total. The Kier molecular flexibility index (Phi) is 6.08. The Labute approximate surface area is 178 Å². The number of amidine groups is 1. The highest BCUT2D eigenvalue weighted by Crippen LogP contribution is 2.33. The number of thioether (sulfide) groups is 1. The van der Waals surface area contributed by atoms with Crippen molar-refractivity contribution in [2.75, 3.05) is 4.90 Å². The molecule has 0 aromatic heterocycles. The van der Waals surface area contributed by atoms with E-state index in [1.165, 1.54) is 11.8 Å². The molecule has 1 saturated heterocycles. The first-order valence-corrected chi connectivity index (χ1v) is 10.4. The highest BCUT2D eigenvalue weighted by Gasteiger charge is 2.39. The molecule has 0 bridgehead atoms. The fourth-order valence-corrected chi connectivity index (χ4v) is 4.35. The molecular formula is C23H18ClN3OS. The van der Waals surface area contributed by atoms with E-state index >= 15 is 0 Å². The van der Waals surface area contributed by atoms with Gasteiger partial charge in [0.15, 0.2) is 5.17 Å². The Balaban J connectivity index is 1.62. The lowest BCUT2D eigenvalue weighted by Crippen LogP contribution is -2.32. The van der Waals surface area contributed by atoms with Gasteiger partial charge < -0.3 is 0 Å². The van der Waals surface area contributed by atoms with Crippen molar-refractivity contribution in [1.29, 1.82) is 0 Å². The predicted octanol–water partition coefficient (Wildman–Crippen LogP) is 5.42. The van der Waals surface area contributed by atoms with Gasteiger partial charge in [-0.2, -0.15) is 5.10 Å². The molecule has 0 saturated carbocycles. The minimum Gasteiger partial charge on any atom is -0.273 e. The smallest absolute Gasteiger partial charge is 0.247 e. The minimum atomic E-state index is -0.244. The molecule has 1 atom stereocenters. The van der Waals surface area contributed by atoms with Crippen LogP contribution < -0.4 is 4.90 Å². The Morgan fingerprint density at radius 3 is 2.31 bits per heavy atom. The summed E-state index contributed by atoms with van der Waals surface area (Å²) in [6, 6.07) is 27.0. The molecule has 1 aliphatic rings. The van der Waals surface area contributed by atoms with Gasteiger partial charge in [0.05, 0.1) is 17.2 Å². The quantitative estimate of drug-likeness (QED) is 0.409. The van der Waals surface area contributed by atoms with E-state index in [-0.39, 0.29) is 11.2 Å². The van der Waals surface area contributed by atoms with Crippen LogP contribution in [-0.4, -0.2) is 22.5 Å². The maximum absolute atomic E-state index is 13.2. The summed E-state index contributed by atoms with van der Waals surface area (Å²) in [6.07, 6.45) is 2.25. The number of para-hydroxylation sites is 1. The largest absolute Gasteiger partial charge is 0.273 e. The first-order valence-electron chi connectivity index (χ1n) is 9.17. The lowest BCUT2D eigenvalue weighted by molar-refractivity contribution is -0.116. The summed E-state index contributed by atoms with van der Waals surface area (Å²) in [5.41, 5.74) is 2.68. The van der Waals surface area contributed by atoms with Crippen LogP contribution in [0.5, 0.6) is 0 Å². The molecule has 3 aromatic carbocycles. The van der Waals surface area contributed by atoms with E-state index in [0.29, 0.717) is 16.6 Å². The molecule has 3 aromatic rings. The Morgan fingerprint density at radius 1 is 0.931 bits per heavy atom. The van der Waals surface area contributed by atoms with Crippen LogP contribution in [0.3, 0.4) is 0 Å². The van der Waals surface area contributed by atoms with Crippen LogP contribution in [0, 0.1) is 0 Å². The van der Waals surface area contributed by atoms with Gasteiger partial charge in [-0.25, -0.2) is 0 Å². The number of halogens is 1. The van der Waals surface area contributed by atoms with Crippen molar-refractivity contribution >= 4 is 46.3 Å². The second-order valence-corrected chi connectivity index (χ2v) is 8.03. The Morgan fingerprint density at radius 2 is 1.59 bits per heavy atom. The van der Waals surface area contributed by atoms with E-state index in [9.17, 15) is 4.79 Å². The van der Waals surface area contributed by atoms with E-state index in [1.807, 2.05) is 78.9 Å². The Bertz CT molecular complexity index is 1050. The molecule has 1 heterocycles. The second-order valence-electron chi connectivity index (χ2n) is 6.45. The third-order valence-electron chi connectivity index (χ3n) is 4.46. The van der Waals surface area contributed by atoms with Gasteiger partial charge in [-0.3, -0.25) is 9.69 Å². The fourth-order valence-electron chi connectivity index (χ4n) is 3.03. The standard InChI is InChI=1S/C23H18ClN3OS/c24-20-14-8-7-11-18(20)16-25-26-23-27(19-12-5-2-6-13-19)22(28)21(29-23)15-17-9-3-1-4-10-17/h1-14,16,21H,15H2. The summed E-state index contributed by atoms with van der Waals surface area (Å²) in [5, 5.41) is 9.48. The fraction of sp³-hybridized carbons (Fsp3) is 0.0870. The molecule has 0 N–H and O–H groups in total. The average molecular weight is 420 g/mol. The van der Waals surface area contributed by atoms with Gasteiger partial charge in [0.1, 0.15) is 0 Å². The van der Waals surface area contributed by atoms with Crippen LogP contribution >= 0.6 is 23.4 Å². The van der Waals surface area contributed by atoms with Gasteiger partial charge in [0.2, 0.25) is 5.91 Å². The molecule has 0 aliphatic carbocycles. The molecule has 4 rings (SSSR count). The van der Waals surface area contributed by atoms with Crippen molar-refractivity contribution in [3.8, 4) is 0 Å². The van der Waals surface area contributed by atoms with E-state index in [4.69, 9.17) is 11.6 Å². The molecule has 1 unspecified atom stereocenters. The molecule has 1 fully saturated rings. The lowest BCUT2D eigenvalue weighted by atomic mass is 10.1. The summed E-state index contributed by atoms with van der Waals surface area (Å²) >= 11 is 7.61. The molecule has 29 heavy (non-hydrogen) atoms. The van der Waals surface area contributed by atoms with E-state index in [1.54, 1.807) is 17.2 Å². The van der Waals surface area contributed by atoms with Crippen LogP contribution in [0.1, 0.15) is 11.1 Å². The SMILES string of the molecule is O=C1C(Cc2ccccc2)SC(=NN=Cc2ccccc2Cl)N1c1ccccc1. The van der Waals surface area contributed by atoms with Gasteiger partial charge in [0.25, 0.3) is 0 Å². The minimum absolute atomic E-state index is 0.0109. The van der Waals surface area contributed by atoms with Crippen molar-refractivity contribution in [2.24, 2.45) is 10.2 Å². The first kappa shape index (κ1) is 19.4. The van der Waals surface area contributed by atoms with Gasteiger partial charge in [-0.15, -0.1) is 5.10 Å². The molecule has 6 heteroatoms. The van der Waals surface area contributed by atoms with Crippen LogP contribution in [0.15, 0.2) is 95.1 Å². The number of carbonyl (C=O) groups is 1. The zero-order valence-electron chi connectivity index (χ0n) is 15.5. The third-order valence-corrected chi connectivity index (χ3v) is 5.93. The zero-order chi connectivity index (χ0) is 20.1. The zero-order valence-corrected chi connectivity index (χ0v) is 17.1. The monoisotopic (exact) mass is 419 g/mol. The summed E-state index contributed by atoms with van der Waals surface area (Å²) in [5.74, 6) is 0.0109. The average Bonchev–Trinajstić information content (AvgIpc) is 3.06. The summed E-state index contributed by atoms with van der Waals surface area (Å²) in [6.45, 7) is 0. The van der Waals surface area contributed by atoms with Gasteiger partial charge in [0, 0.05) is 10.6 Å². The van der Waals surface area contributed by atoms with Crippen LogP contribution in [0.2, 0.25) is 5.02 Å². The predicted molar refractivity (Wildman–Crippen MR) is 122 cm³/mol. The van der Waals surface area contributed by atoms with Crippen molar-refractivity contribution < 1.29 is 4.79 Å². The number of benzene rings is 3. The number of rotatable bonds is 5. The highest BCUT2D eigenvalue weighted by molar-refractivity contribution is 8.16. The number of carbonyl (C=O) groups excluding carboxylic acids is 1. The normalized spacial score (nSPS) is 18.1. The van der Waals surface area contributed by atoms with Gasteiger partial charge in [-0.1, -0.05) is 90.1 Å². The van der Waals surface area contributed by atoms with Crippen molar-refractivity contribution in [3.63, 3.8) is 0 Å². The highest BCUT2D eigenvalue weighted by atomic mass is 35.5. The molecule has 0 spiro atoms. The number of hydrogen-bond acceptors (Lipinski definition) is 4. The van der Waals surface area contributed by atoms with E-state index < -0.39 is 0 Å². The van der Waals surface area contributed by atoms with Crippen LogP contribution in [0.25, 0.3) is 0 Å². The summed E-state index contributed by atoms with van der Waals surface area (Å²) < 4.78 is 0.